The second-order valence-electron chi connectivity index (χ2n) is 7.07. The number of carboxylic acid groups (broad SMARTS) is 1. The van der Waals surface area contributed by atoms with Crippen LogP contribution >= 0.6 is 0 Å². The molecule has 0 amide bonds. The first-order valence-corrected chi connectivity index (χ1v) is 8.48. The molecule has 2 N–H and O–H groups in total. The van der Waals surface area contributed by atoms with Crippen LogP contribution < -0.4 is 10.3 Å². The Labute approximate surface area is 153 Å². The van der Waals surface area contributed by atoms with E-state index in [0.29, 0.717) is 0 Å². The standard InChI is InChI=1S/C21H23N3O2/c1-14-12-21(2,3)24(4)19-10-5-15(11-18(14)19)13-22-23-17-8-6-16(7-9-17)20(25)26/h5-13,23H,1-4H3,(H,25,26)/b22-13-. The number of carbonyl (C=O) groups is 1. The normalized spacial score (nSPS) is 15.5. The van der Waals surface area contributed by atoms with Crippen molar-refractivity contribution in [3.8, 4) is 0 Å². The summed E-state index contributed by atoms with van der Waals surface area (Å²) in [6.07, 6.45) is 4.04. The Balaban J connectivity index is 1.76. The van der Waals surface area contributed by atoms with Crippen molar-refractivity contribution in [1.29, 1.82) is 0 Å². The Bertz CT molecular complexity index is 896. The van der Waals surface area contributed by atoms with Crippen molar-refractivity contribution in [3.05, 3.63) is 65.2 Å². The van der Waals surface area contributed by atoms with E-state index in [-0.39, 0.29) is 11.1 Å². The second-order valence-corrected chi connectivity index (χ2v) is 7.07. The zero-order valence-electron chi connectivity index (χ0n) is 15.4. The van der Waals surface area contributed by atoms with Crippen LogP contribution in [0.25, 0.3) is 5.57 Å². The quantitative estimate of drug-likeness (QED) is 0.632. The number of nitrogens with one attached hydrogen (secondary N) is 1. The van der Waals surface area contributed by atoms with Gasteiger partial charge in [0.05, 0.1) is 23.0 Å². The molecule has 1 heterocycles. The molecule has 5 heteroatoms. The first-order valence-electron chi connectivity index (χ1n) is 8.48. The number of nitrogens with zero attached hydrogens (tertiary/aromatic N) is 2. The molecule has 3 rings (SSSR count). The first kappa shape index (κ1) is 17.7. The van der Waals surface area contributed by atoms with Crippen LogP contribution in [0.1, 0.15) is 42.3 Å². The van der Waals surface area contributed by atoms with Crippen LogP contribution in [0.3, 0.4) is 0 Å². The van der Waals surface area contributed by atoms with E-state index in [1.165, 1.54) is 16.8 Å². The summed E-state index contributed by atoms with van der Waals surface area (Å²) < 4.78 is 0. The Morgan fingerprint density at radius 2 is 1.88 bits per heavy atom. The number of likely N-dealkylation sites (N-methyl/N-ethyl adjacent to an activating group) is 1. The number of fused-ring (bicyclic) bond motifs is 1. The fourth-order valence-corrected chi connectivity index (χ4v) is 3.13. The summed E-state index contributed by atoms with van der Waals surface area (Å²) in [6.45, 7) is 6.54. The van der Waals surface area contributed by atoms with Gasteiger partial charge in [0.2, 0.25) is 0 Å². The molecule has 0 saturated carbocycles. The topological polar surface area (TPSA) is 64.9 Å². The van der Waals surface area contributed by atoms with Crippen molar-refractivity contribution < 1.29 is 9.90 Å². The Kier molecular flexibility index (Phi) is 4.55. The number of aromatic carboxylic acids is 1. The zero-order valence-corrected chi connectivity index (χ0v) is 15.4. The van der Waals surface area contributed by atoms with Gasteiger partial charge in [-0.15, -0.1) is 0 Å². The van der Waals surface area contributed by atoms with Gasteiger partial charge in [-0.2, -0.15) is 5.10 Å². The molecule has 0 saturated heterocycles. The van der Waals surface area contributed by atoms with Gasteiger partial charge in [0.1, 0.15) is 0 Å². The van der Waals surface area contributed by atoms with E-state index < -0.39 is 5.97 Å². The molecule has 134 valence electrons. The van der Waals surface area contributed by atoms with Crippen LogP contribution in [-0.4, -0.2) is 29.9 Å². The number of carboxylic acids is 1. The highest BCUT2D eigenvalue weighted by Crippen LogP contribution is 2.37. The summed E-state index contributed by atoms with van der Waals surface area (Å²) in [5, 5.41) is 13.2. The van der Waals surface area contributed by atoms with Gasteiger partial charge in [-0.05, 0) is 68.3 Å². The fourth-order valence-electron chi connectivity index (χ4n) is 3.13. The van der Waals surface area contributed by atoms with Crippen molar-refractivity contribution in [2.24, 2.45) is 5.10 Å². The second kappa shape index (κ2) is 6.67. The Hall–Kier alpha value is -3.08. The third-order valence-corrected chi connectivity index (χ3v) is 4.78. The lowest BCUT2D eigenvalue weighted by molar-refractivity contribution is 0.0697. The SMILES string of the molecule is CC1=CC(C)(C)N(C)c2ccc(/C=N\Nc3ccc(C(=O)O)cc3)cc21. The number of hydrogen-bond donors (Lipinski definition) is 2. The van der Waals surface area contributed by atoms with Gasteiger partial charge in [0.25, 0.3) is 0 Å². The molecule has 1 aliphatic rings. The molecule has 26 heavy (non-hydrogen) atoms. The minimum absolute atomic E-state index is 0.00361. The molecule has 2 aromatic carbocycles. The molecule has 0 fully saturated rings. The number of anilines is 2. The average Bonchev–Trinajstić information content (AvgIpc) is 2.60. The third kappa shape index (κ3) is 3.47. The van der Waals surface area contributed by atoms with E-state index in [1.807, 2.05) is 6.07 Å². The highest BCUT2D eigenvalue weighted by Gasteiger charge is 2.28. The van der Waals surface area contributed by atoms with E-state index in [1.54, 1.807) is 30.5 Å². The predicted molar refractivity (Wildman–Crippen MR) is 107 cm³/mol. The molecule has 1 aliphatic heterocycles. The maximum atomic E-state index is 10.9. The molecule has 0 atom stereocenters. The number of allylic oxidation sites excluding steroid dienone is 1. The van der Waals surface area contributed by atoms with E-state index in [0.717, 1.165) is 11.3 Å². The van der Waals surface area contributed by atoms with Crippen LogP contribution in [0.5, 0.6) is 0 Å². The molecular weight excluding hydrogens is 326 g/mol. The molecule has 0 unspecified atom stereocenters. The summed E-state index contributed by atoms with van der Waals surface area (Å²) in [6, 6.07) is 12.8. The van der Waals surface area contributed by atoms with Crippen LogP contribution in [0, 0.1) is 0 Å². The lowest BCUT2D eigenvalue weighted by Crippen LogP contribution is -2.42. The van der Waals surface area contributed by atoms with E-state index >= 15 is 0 Å². The smallest absolute Gasteiger partial charge is 0.335 e. The van der Waals surface area contributed by atoms with Crippen molar-refractivity contribution in [2.75, 3.05) is 17.4 Å². The minimum atomic E-state index is -0.939. The van der Waals surface area contributed by atoms with Crippen LogP contribution in [0.2, 0.25) is 0 Å². The number of benzene rings is 2. The van der Waals surface area contributed by atoms with Crippen molar-refractivity contribution in [3.63, 3.8) is 0 Å². The largest absolute Gasteiger partial charge is 0.478 e. The van der Waals surface area contributed by atoms with Crippen LogP contribution in [-0.2, 0) is 0 Å². The van der Waals surface area contributed by atoms with Gasteiger partial charge < -0.3 is 10.0 Å². The van der Waals surface area contributed by atoms with Crippen molar-refractivity contribution >= 4 is 29.1 Å². The van der Waals surface area contributed by atoms with E-state index in [4.69, 9.17) is 5.11 Å². The first-order chi connectivity index (χ1) is 12.3. The average molecular weight is 349 g/mol. The van der Waals surface area contributed by atoms with Crippen molar-refractivity contribution in [2.45, 2.75) is 26.3 Å². The van der Waals surface area contributed by atoms with Crippen LogP contribution in [0.4, 0.5) is 11.4 Å². The van der Waals surface area contributed by atoms with E-state index in [2.05, 4.69) is 61.5 Å². The number of hydrazone groups is 1. The van der Waals surface area contributed by atoms with Gasteiger partial charge in [0.15, 0.2) is 0 Å². The number of hydrogen-bond acceptors (Lipinski definition) is 4. The predicted octanol–water partition coefficient (Wildman–Crippen LogP) is 4.46. The molecule has 5 nitrogen and oxygen atoms in total. The van der Waals surface area contributed by atoms with Crippen LogP contribution in [0.15, 0.2) is 53.6 Å². The molecular formula is C21H23N3O2. The Morgan fingerprint density at radius 3 is 2.54 bits per heavy atom. The summed E-state index contributed by atoms with van der Waals surface area (Å²) in [5.74, 6) is -0.939. The molecule has 0 spiro atoms. The Morgan fingerprint density at radius 1 is 1.19 bits per heavy atom. The molecule has 0 aliphatic carbocycles. The van der Waals surface area contributed by atoms with Gasteiger partial charge in [-0.3, -0.25) is 5.43 Å². The fraction of sp³-hybridized carbons (Fsp3) is 0.238. The van der Waals surface area contributed by atoms with E-state index in [9.17, 15) is 4.79 Å². The van der Waals surface area contributed by atoms with Crippen molar-refractivity contribution in [1.82, 2.24) is 0 Å². The summed E-state index contributed by atoms with van der Waals surface area (Å²) in [4.78, 5) is 13.1. The highest BCUT2D eigenvalue weighted by molar-refractivity contribution is 5.89. The zero-order chi connectivity index (χ0) is 18.9. The lowest BCUT2D eigenvalue weighted by Gasteiger charge is -2.40. The van der Waals surface area contributed by atoms with Gasteiger partial charge in [-0.1, -0.05) is 12.1 Å². The molecule has 0 radical (unpaired) electrons. The molecule has 2 aromatic rings. The molecule has 0 bridgehead atoms. The van der Waals surface area contributed by atoms with Gasteiger partial charge >= 0.3 is 5.97 Å². The maximum absolute atomic E-state index is 10.9. The highest BCUT2D eigenvalue weighted by atomic mass is 16.4. The lowest BCUT2D eigenvalue weighted by atomic mass is 9.89. The maximum Gasteiger partial charge on any atom is 0.335 e. The summed E-state index contributed by atoms with van der Waals surface area (Å²) in [5.41, 5.74) is 8.59. The number of rotatable bonds is 4. The summed E-state index contributed by atoms with van der Waals surface area (Å²) in [7, 11) is 2.11. The van der Waals surface area contributed by atoms with Gasteiger partial charge in [-0.25, -0.2) is 4.79 Å². The molecule has 0 aromatic heterocycles. The monoisotopic (exact) mass is 349 g/mol. The van der Waals surface area contributed by atoms with Gasteiger partial charge in [0, 0.05) is 18.3 Å². The third-order valence-electron chi connectivity index (χ3n) is 4.78. The minimum Gasteiger partial charge on any atom is -0.478 e. The summed E-state index contributed by atoms with van der Waals surface area (Å²) >= 11 is 0.